The van der Waals surface area contributed by atoms with Gasteiger partial charge in [-0.2, -0.15) is 0 Å². The molecule has 1 aromatic heterocycles. The molecule has 0 aliphatic rings. The number of aryl methyl sites for hydroxylation is 1. The van der Waals surface area contributed by atoms with Gasteiger partial charge in [-0.15, -0.1) is 0 Å². The number of hydrogen-bond acceptors (Lipinski definition) is 3. The van der Waals surface area contributed by atoms with E-state index in [0.29, 0.717) is 17.9 Å². The molecule has 2 rings (SSSR count). The van der Waals surface area contributed by atoms with Crippen molar-refractivity contribution in [3.8, 4) is 5.75 Å². The van der Waals surface area contributed by atoms with Gasteiger partial charge in [0.05, 0.1) is 17.9 Å². The molecule has 106 valence electrons. The topological polar surface area (TPSA) is 51.5 Å². The lowest BCUT2D eigenvalue weighted by atomic mass is 10.2. The molecule has 0 saturated heterocycles. The van der Waals surface area contributed by atoms with Gasteiger partial charge in [-0.25, -0.2) is 0 Å². The monoisotopic (exact) mass is 273 g/mol. The Bertz CT molecular complexity index is 570. The number of nitrogens with one attached hydrogen (secondary N) is 1. The zero-order chi connectivity index (χ0) is 14.5. The van der Waals surface area contributed by atoms with Gasteiger partial charge in [0.1, 0.15) is 11.5 Å². The lowest BCUT2D eigenvalue weighted by Gasteiger charge is -2.10. The summed E-state index contributed by atoms with van der Waals surface area (Å²) in [6.07, 6.45) is 1.67. The van der Waals surface area contributed by atoms with Crippen molar-refractivity contribution in [2.45, 2.75) is 33.4 Å². The Hall–Kier alpha value is -2.23. The van der Waals surface area contributed by atoms with E-state index in [1.165, 1.54) is 6.26 Å². The molecule has 1 aromatic carbocycles. The first-order chi connectivity index (χ1) is 9.56. The third kappa shape index (κ3) is 3.63. The quantitative estimate of drug-likeness (QED) is 0.909. The lowest BCUT2D eigenvalue weighted by Crippen LogP contribution is -2.22. The molecule has 0 spiro atoms. The second-order valence-electron chi connectivity index (χ2n) is 4.88. The van der Waals surface area contributed by atoms with Crippen LogP contribution >= 0.6 is 0 Å². The summed E-state index contributed by atoms with van der Waals surface area (Å²) in [6, 6.07) is 9.37. The maximum Gasteiger partial charge on any atom is 0.255 e. The van der Waals surface area contributed by atoms with E-state index in [1.807, 2.05) is 38.1 Å². The van der Waals surface area contributed by atoms with E-state index in [1.54, 1.807) is 13.0 Å². The molecular formula is C16H19NO3. The van der Waals surface area contributed by atoms with Crippen LogP contribution in [0.15, 0.2) is 41.0 Å². The van der Waals surface area contributed by atoms with Gasteiger partial charge in [0.2, 0.25) is 0 Å². The summed E-state index contributed by atoms with van der Waals surface area (Å²) in [5, 5.41) is 2.86. The molecule has 4 nitrogen and oxygen atoms in total. The van der Waals surface area contributed by atoms with Gasteiger partial charge in [0.25, 0.3) is 5.91 Å². The van der Waals surface area contributed by atoms with Crippen LogP contribution in [0.4, 0.5) is 0 Å². The van der Waals surface area contributed by atoms with E-state index < -0.39 is 0 Å². The predicted octanol–water partition coefficient (Wildman–Crippen LogP) is 3.31. The van der Waals surface area contributed by atoms with E-state index in [-0.39, 0.29) is 12.0 Å². The van der Waals surface area contributed by atoms with Crippen LogP contribution in [0.5, 0.6) is 5.75 Å². The number of furan rings is 1. The van der Waals surface area contributed by atoms with Crippen molar-refractivity contribution in [3.05, 3.63) is 53.5 Å². The molecule has 0 atom stereocenters. The Balaban J connectivity index is 1.91. The standard InChI is InChI=1S/C16H19NO3/c1-11(2)20-14-6-4-13(5-7-14)10-17-16(18)15-8-9-19-12(15)3/h4-9,11H,10H2,1-3H3,(H,17,18). The van der Waals surface area contributed by atoms with Crippen LogP contribution in [0.3, 0.4) is 0 Å². The maximum absolute atomic E-state index is 11.9. The van der Waals surface area contributed by atoms with Crippen LogP contribution in [0.1, 0.15) is 35.5 Å². The summed E-state index contributed by atoms with van der Waals surface area (Å²) < 4.78 is 10.7. The van der Waals surface area contributed by atoms with Gasteiger partial charge in [0.15, 0.2) is 0 Å². The molecule has 0 bridgehead atoms. The molecule has 0 aliphatic heterocycles. The summed E-state index contributed by atoms with van der Waals surface area (Å²) in [6.45, 7) is 6.22. The van der Waals surface area contributed by atoms with Gasteiger partial charge in [-0.05, 0) is 44.5 Å². The highest BCUT2D eigenvalue weighted by Crippen LogP contribution is 2.14. The van der Waals surface area contributed by atoms with Crippen molar-refractivity contribution >= 4 is 5.91 Å². The minimum Gasteiger partial charge on any atom is -0.491 e. The van der Waals surface area contributed by atoms with E-state index in [4.69, 9.17) is 9.15 Å². The van der Waals surface area contributed by atoms with Crippen molar-refractivity contribution in [1.82, 2.24) is 5.32 Å². The smallest absolute Gasteiger partial charge is 0.255 e. The number of ether oxygens (including phenoxy) is 1. The number of rotatable bonds is 5. The zero-order valence-electron chi connectivity index (χ0n) is 12.0. The first-order valence-electron chi connectivity index (χ1n) is 6.64. The summed E-state index contributed by atoms with van der Waals surface area (Å²) in [4.78, 5) is 11.9. The Morgan fingerprint density at radius 1 is 1.25 bits per heavy atom. The van der Waals surface area contributed by atoms with Gasteiger partial charge in [-0.1, -0.05) is 12.1 Å². The number of carbonyl (C=O) groups excluding carboxylic acids is 1. The van der Waals surface area contributed by atoms with Crippen LogP contribution in [-0.4, -0.2) is 12.0 Å². The molecule has 4 heteroatoms. The van der Waals surface area contributed by atoms with Crippen molar-refractivity contribution in [1.29, 1.82) is 0 Å². The second kappa shape index (κ2) is 6.28. The van der Waals surface area contributed by atoms with Crippen molar-refractivity contribution in [2.75, 3.05) is 0 Å². The SMILES string of the molecule is Cc1occc1C(=O)NCc1ccc(OC(C)C)cc1. The van der Waals surface area contributed by atoms with Gasteiger partial charge in [-0.3, -0.25) is 4.79 Å². The highest BCUT2D eigenvalue weighted by Gasteiger charge is 2.10. The van der Waals surface area contributed by atoms with Crippen LogP contribution < -0.4 is 10.1 Å². The van der Waals surface area contributed by atoms with Crippen LogP contribution in [-0.2, 0) is 6.54 Å². The largest absolute Gasteiger partial charge is 0.491 e. The zero-order valence-corrected chi connectivity index (χ0v) is 12.0. The van der Waals surface area contributed by atoms with Gasteiger partial charge >= 0.3 is 0 Å². The summed E-state index contributed by atoms with van der Waals surface area (Å²) >= 11 is 0. The fourth-order valence-corrected chi connectivity index (χ4v) is 1.86. The number of benzene rings is 1. The first-order valence-corrected chi connectivity index (χ1v) is 6.64. The van der Waals surface area contributed by atoms with Crippen LogP contribution in [0.25, 0.3) is 0 Å². The molecule has 20 heavy (non-hydrogen) atoms. The summed E-state index contributed by atoms with van der Waals surface area (Å²) in [5.41, 5.74) is 1.60. The third-order valence-corrected chi connectivity index (χ3v) is 2.85. The maximum atomic E-state index is 11.9. The Morgan fingerprint density at radius 3 is 2.50 bits per heavy atom. The number of hydrogen-bond donors (Lipinski definition) is 1. The Kier molecular flexibility index (Phi) is 4.45. The molecule has 0 saturated carbocycles. The molecule has 1 amide bonds. The van der Waals surface area contributed by atoms with E-state index in [0.717, 1.165) is 11.3 Å². The average Bonchev–Trinajstić information content (AvgIpc) is 2.83. The molecule has 2 aromatic rings. The average molecular weight is 273 g/mol. The predicted molar refractivity (Wildman–Crippen MR) is 76.8 cm³/mol. The minimum absolute atomic E-state index is 0.126. The normalized spacial score (nSPS) is 10.6. The van der Waals surface area contributed by atoms with E-state index in [9.17, 15) is 4.79 Å². The van der Waals surface area contributed by atoms with Gasteiger partial charge < -0.3 is 14.5 Å². The van der Waals surface area contributed by atoms with E-state index in [2.05, 4.69) is 5.32 Å². The molecule has 0 unspecified atom stereocenters. The highest BCUT2D eigenvalue weighted by molar-refractivity contribution is 5.94. The van der Waals surface area contributed by atoms with Crippen molar-refractivity contribution in [3.63, 3.8) is 0 Å². The number of amides is 1. The Morgan fingerprint density at radius 2 is 1.95 bits per heavy atom. The molecule has 0 radical (unpaired) electrons. The summed E-state index contributed by atoms with van der Waals surface area (Å²) in [7, 11) is 0. The minimum atomic E-state index is -0.126. The van der Waals surface area contributed by atoms with Crippen LogP contribution in [0.2, 0.25) is 0 Å². The fourth-order valence-electron chi connectivity index (χ4n) is 1.86. The van der Waals surface area contributed by atoms with Crippen molar-refractivity contribution in [2.24, 2.45) is 0 Å². The second-order valence-corrected chi connectivity index (χ2v) is 4.88. The Labute approximate surface area is 118 Å². The lowest BCUT2D eigenvalue weighted by molar-refractivity contribution is 0.0949. The molecule has 1 N–H and O–H groups in total. The third-order valence-electron chi connectivity index (χ3n) is 2.85. The number of carbonyl (C=O) groups is 1. The molecular weight excluding hydrogens is 254 g/mol. The molecule has 0 fully saturated rings. The molecule has 0 aliphatic carbocycles. The first kappa shape index (κ1) is 14.2. The highest BCUT2D eigenvalue weighted by atomic mass is 16.5. The van der Waals surface area contributed by atoms with Crippen LogP contribution in [0, 0.1) is 6.92 Å². The fraction of sp³-hybridized carbons (Fsp3) is 0.312. The van der Waals surface area contributed by atoms with E-state index >= 15 is 0 Å². The summed E-state index contributed by atoms with van der Waals surface area (Å²) in [5.74, 6) is 1.34. The van der Waals surface area contributed by atoms with Gasteiger partial charge in [0, 0.05) is 6.54 Å². The van der Waals surface area contributed by atoms with Crippen molar-refractivity contribution < 1.29 is 13.9 Å². The molecule has 1 heterocycles.